The van der Waals surface area contributed by atoms with E-state index in [1.807, 2.05) is 127 Å². The highest BCUT2D eigenvalue weighted by Crippen LogP contribution is 2.45. The summed E-state index contributed by atoms with van der Waals surface area (Å²) in [6.07, 6.45) is -1.02. The minimum Gasteiger partial charge on any atom is -0.497 e. The predicted octanol–water partition coefficient (Wildman–Crippen LogP) is 13.7. The van der Waals surface area contributed by atoms with Gasteiger partial charge in [0, 0.05) is 43.0 Å². The Morgan fingerprint density at radius 2 is 1.28 bits per heavy atom. The maximum absolute atomic E-state index is 15.7. The van der Waals surface area contributed by atoms with Crippen molar-refractivity contribution >= 4 is 104 Å². The minimum atomic E-state index is -1.84. The number of methoxy groups -OCH3 is 3. The highest BCUT2D eigenvalue weighted by atomic mass is 35.5. The summed E-state index contributed by atoms with van der Waals surface area (Å²) in [5.74, 6) is -2.01. The number of aryl methyl sites for hydroxylation is 1. The average molecular weight is 1540 g/mol. The molecule has 2 saturated heterocycles. The summed E-state index contributed by atoms with van der Waals surface area (Å²) in [7, 11) is 4.69. The summed E-state index contributed by atoms with van der Waals surface area (Å²) < 4.78 is 54.5. The molecule has 3 aliphatic rings. The Kier molecular flexibility index (Phi) is 24.9. The molecule has 11 rings (SSSR count). The van der Waals surface area contributed by atoms with Gasteiger partial charge in [0.1, 0.15) is 88.5 Å². The summed E-state index contributed by atoms with van der Waals surface area (Å²) in [5, 5.41) is 8.66. The molecule has 8 aromatic rings. The van der Waals surface area contributed by atoms with Crippen molar-refractivity contribution in [3.05, 3.63) is 216 Å². The SMILES string of the molecule is CCn1cc(C[N+]2(CC3=C(C(=O)OC(c4ccccc4)c4ccccc4)N4C(=O)[C@@H](NC(=O)/C(=N/O[C@@H](CC(=O)OC(C)(C)C)C(=O)OCc5ccc(OC)cc5)c5nc(NC(=O)OC(C)(C)C)sc5Cl)[C@H]4SC3)CCCC2)c(=O)c2c(Cl)c(OCc3ccc(OC)cc3)c(OCc3ccc(OC)cc3)cc21. The van der Waals surface area contributed by atoms with Gasteiger partial charge in [-0.15, -0.1) is 11.8 Å². The number of hydrogen-bond donors (Lipinski definition) is 2. The number of likely N-dealkylation sites (tertiary alicyclic amines) is 1. The fraction of sp³-hybridized carbons (Fsp3) is 0.354. The molecular formula is C79H84Cl2N7O17S2+. The summed E-state index contributed by atoms with van der Waals surface area (Å²) >= 11 is 16.4. The molecule has 0 bridgehead atoms. The van der Waals surface area contributed by atoms with Crippen molar-refractivity contribution < 1.29 is 80.7 Å². The molecule has 0 unspecified atom stereocenters. The van der Waals surface area contributed by atoms with Crippen molar-refractivity contribution in [1.82, 2.24) is 19.8 Å². The quantitative estimate of drug-likeness (QED) is 0.0110. The Labute approximate surface area is 637 Å². The topological polar surface area (TPSA) is 269 Å². The molecule has 3 aliphatic heterocycles. The van der Waals surface area contributed by atoms with Crippen LogP contribution in [0.15, 0.2) is 167 Å². The fourth-order valence-corrected chi connectivity index (χ4v) is 15.4. The number of oxime groups is 1. The predicted molar refractivity (Wildman–Crippen MR) is 406 cm³/mol. The van der Waals surface area contributed by atoms with E-state index in [1.165, 1.54) is 23.8 Å². The molecule has 2 aromatic heterocycles. The lowest BCUT2D eigenvalue weighted by atomic mass is 10.00. The van der Waals surface area contributed by atoms with Crippen LogP contribution in [0.25, 0.3) is 10.9 Å². The third-order valence-corrected chi connectivity index (χ3v) is 20.6. The van der Waals surface area contributed by atoms with Gasteiger partial charge in [0.15, 0.2) is 33.9 Å². The number of halogens is 2. The molecule has 0 spiro atoms. The number of anilines is 1. The van der Waals surface area contributed by atoms with Crippen LogP contribution in [0.5, 0.6) is 28.7 Å². The lowest BCUT2D eigenvalue weighted by molar-refractivity contribution is -0.925. The van der Waals surface area contributed by atoms with Gasteiger partial charge in [-0.2, -0.15) is 0 Å². The van der Waals surface area contributed by atoms with E-state index in [0.29, 0.717) is 80.5 Å². The van der Waals surface area contributed by atoms with Crippen LogP contribution in [-0.4, -0.2) is 136 Å². The second kappa shape index (κ2) is 34.2. The number of carbonyl (C=O) groups excluding carboxylic acids is 6. The van der Waals surface area contributed by atoms with Crippen molar-refractivity contribution in [3.8, 4) is 28.7 Å². The Hall–Kier alpha value is -10.1. The summed E-state index contributed by atoms with van der Waals surface area (Å²) in [4.78, 5) is 114. The Morgan fingerprint density at radius 3 is 1.83 bits per heavy atom. The molecule has 562 valence electrons. The zero-order valence-corrected chi connectivity index (χ0v) is 64.0. The normalized spacial score (nSPS) is 15.9. The molecule has 3 amide bonds. The van der Waals surface area contributed by atoms with Crippen LogP contribution >= 0.6 is 46.3 Å². The number of quaternary nitrogens is 1. The Bertz CT molecular complexity index is 4650. The van der Waals surface area contributed by atoms with Crippen LogP contribution in [0.1, 0.15) is 113 Å². The van der Waals surface area contributed by atoms with Gasteiger partial charge in [-0.05, 0) is 113 Å². The number of nitrogens with one attached hydrogen (secondary N) is 2. The third-order valence-electron chi connectivity index (χ3n) is 17.7. The largest absolute Gasteiger partial charge is 0.497 e. The fourth-order valence-electron chi connectivity index (χ4n) is 12.7. The summed E-state index contributed by atoms with van der Waals surface area (Å²) in [6, 6.07) is 40.4. The zero-order valence-electron chi connectivity index (χ0n) is 60.9. The van der Waals surface area contributed by atoms with E-state index in [4.69, 9.17) is 70.7 Å². The number of nitrogens with zero attached hydrogens (tertiary/aromatic N) is 5. The van der Waals surface area contributed by atoms with Crippen LogP contribution in [0, 0.1) is 0 Å². The first-order valence-corrected chi connectivity index (χ1v) is 37.3. The number of benzene rings is 6. The van der Waals surface area contributed by atoms with Crippen molar-refractivity contribution in [1.29, 1.82) is 0 Å². The number of hydrogen-bond acceptors (Lipinski definition) is 21. The standard InChI is InChI=1S/C79H83Cl2N7O17S2/c1-11-86-40-52(67(90)61-57(86)38-58(99-43-47-24-30-54(96-8)31-25-47)69(62(61)80)100-44-48-26-32-55(97-9)33-27-48)41-88(36-18-19-37-88)42-53-46-106-73-65(72(92)87(73)66(53)75(94)102-68(50-20-14-12-15-21-50)51-22-16-13-17-23-51)82-71(91)64(63-70(81)107-76(83-63)84-77(95)104-79(5,6)7)85-105-59(39-60(89)103-78(2,3)4)74(93)101-45-49-28-34-56(98-10)35-29-49/h12-17,20-35,38,40,59,65,68,73H,11,18-19,36-37,39,41-46H2,1-10H3,(H-,82,83,84,91,95)/p+1/b85-64+/t59-,65+,73+/m0/s1. The number of pyridine rings is 1. The molecule has 2 fully saturated rings. The second-order valence-electron chi connectivity index (χ2n) is 27.7. The van der Waals surface area contributed by atoms with Crippen LogP contribution in [0.4, 0.5) is 9.93 Å². The van der Waals surface area contributed by atoms with Gasteiger partial charge in [0.25, 0.3) is 11.8 Å². The number of aromatic nitrogens is 2. The summed E-state index contributed by atoms with van der Waals surface area (Å²) in [6.45, 7) is 13.8. The van der Waals surface area contributed by atoms with E-state index in [-0.39, 0.29) is 81.1 Å². The number of thiazole rings is 1. The van der Waals surface area contributed by atoms with Crippen molar-refractivity contribution in [2.45, 2.75) is 135 Å². The van der Waals surface area contributed by atoms with E-state index in [0.717, 1.165) is 35.3 Å². The van der Waals surface area contributed by atoms with Crippen molar-refractivity contribution in [2.75, 3.05) is 52.0 Å². The Balaban J connectivity index is 0.946. The molecule has 0 radical (unpaired) electrons. The van der Waals surface area contributed by atoms with Gasteiger partial charge in [0.05, 0.1) is 62.3 Å². The second-order valence-corrected chi connectivity index (χ2v) is 30.8. The number of ether oxygens (including phenoxy) is 9. The minimum absolute atomic E-state index is 0.0328. The number of rotatable bonds is 29. The van der Waals surface area contributed by atoms with E-state index in [9.17, 15) is 14.4 Å². The number of fused-ring (bicyclic) bond motifs is 2. The number of thioether (sulfide) groups is 1. The van der Waals surface area contributed by atoms with Gasteiger partial charge in [-0.3, -0.25) is 29.4 Å². The van der Waals surface area contributed by atoms with E-state index in [1.54, 1.807) is 86.1 Å². The van der Waals surface area contributed by atoms with E-state index < -0.39 is 82.8 Å². The van der Waals surface area contributed by atoms with E-state index >= 15 is 19.2 Å². The molecule has 2 N–H and O–H groups in total. The molecule has 107 heavy (non-hydrogen) atoms. The molecule has 6 aromatic carbocycles. The van der Waals surface area contributed by atoms with E-state index in [2.05, 4.69) is 20.8 Å². The van der Waals surface area contributed by atoms with Gasteiger partial charge < -0.3 is 61.8 Å². The first-order chi connectivity index (χ1) is 51.2. The molecule has 5 heterocycles. The van der Waals surface area contributed by atoms with Gasteiger partial charge in [-0.1, -0.05) is 137 Å². The van der Waals surface area contributed by atoms with Crippen molar-refractivity contribution in [3.63, 3.8) is 0 Å². The molecule has 28 heteroatoms. The monoisotopic (exact) mass is 1540 g/mol. The number of β-lactam (4-membered cyclic amide) rings is 1. The van der Waals surface area contributed by atoms with Gasteiger partial charge in [-0.25, -0.2) is 19.4 Å². The lowest BCUT2D eigenvalue weighted by Gasteiger charge is -2.50. The van der Waals surface area contributed by atoms with Crippen LogP contribution < -0.4 is 39.7 Å². The smallest absolute Gasteiger partial charge is 0.413 e. The number of amides is 3. The van der Waals surface area contributed by atoms with Crippen LogP contribution in [0.3, 0.4) is 0 Å². The lowest BCUT2D eigenvalue weighted by Crippen LogP contribution is -2.71. The Morgan fingerprint density at radius 1 is 0.720 bits per heavy atom. The van der Waals surface area contributed by atoms with Gasteiger partial charge >= 0.3 is 24.0 Å². The molecule has 0 aliphatic carbocycles. The molecule has 0 saturated carbocycles. The maximum Gasteiger partial charge on any atom is 0.413 e. The third kappa shape index (κ3) is 19.2. The highest BCUT2D eigenvalue weighted by Gasteiger charge is 2.56. The van der Waals surface area contributed by atoms with Crippen LogP contribution in [-0.2, 0) is 80.7 Å². The molecule has 24 nitrogen and oxygen atoms in total. The van der Waals surface area contributed by atoms with Crippen LogP contribution in [0.2, 0.25) is 9.36 Å². The average Bonchev–Trinajstić information content (AvgIpc) is 0.911. The number of esters is 3. The maximum atomic E-state index is 15.7. The first kappa shape index (κ1) is 78.0. The zero-order chi connectivity index (χ0) is 76.3. The first-order valence-electron chi connectivity index (χ1n) is 34.7. The molecule has 3 atom stereocenters. The summed E-state index contributed by atoms with van der Waals surface area (Å²) in [5.41, 5.74) is 1.74. The van der Waals surface area contributed by atoms with Crippen molar-refractivity contribution in [2.24, 2.45) is 5.16 Å². The highest BCUT2D eigenvalue weighted by molar-refractivity contribution is 8.00. The molecular weight excluding hydrogens is 1450 g/mol. The van der Waals surface area contributed by atoms with Gasteiger partial charge in [0.2, 0.25) is 6.10 Å². The number of carbonyl (C=O) groups is 6.